The molecule has 114 valence electrons. The van der Waals surface area contributed by atoms with Crippen LogP contribution in [0, 0.1) is 5.92 Å². The average molecular weight is 288 g/mol. The summed E-state index contributed by atoms with van der Waals surface area (Å²) in [6.07, 6.45) is 3.16. The zero-order valence-electron chi connectivity index (χ0n) is 12.9. The van der Waals surface area contributed by atoms with Crippen molar-refractivity contribution >= 4 is 16.9 Å². The Kier molecular flexibility index (Phi) is 5.02. The van der Waals surface area contributed by atoms with Crippen molar-refractivity contribution in [3.05, 3.63) is 36.0 Å². The molecule has 0 radical (unpaired) electrons. The standard InChI is InChI=1S/C17H24N2O2/c1-11(2)8-12(3)21-17(20)15(18)9-13-10-19-16-7-5-4-6-14(13)16/h4-7,10-12,15,19H,8-9,18H2,1-3H3. The maximum absolute atomic E-state index is 12.0. The molecule has 2 rings (SSSR count). The van der Waals surface area contributed by atoms with Crippen LogP contribution in [0.5, 0.6) is 0 Å². The van der Waals surface area contributed by atoms with Gasteiger partial charge in [-0.15, -0.1) is 0 Å². The molecule has 0 saturated heterocycles. The number of carbonyl (C=O) groups excluding carboxylic acids is 1. The molecule has 3 N–H and O–H groups in total. The zero-order valence-corrected chi connectivity index (χ0v) is 12.9. The SMILES string of the molecule is CC(C)CC(C)OC(=O)C(N)Cc1c[nH]c2ccccc12. The average Bonchev–Trinajstić information content (AvgIpc) is 2.81. The molecule has 0 bridgehead atoms. The Morgan fingerprint density at radius 3 is 2.71 bits per heavy atom. The van der Waals surface area contributed by atoms with Crippen molar-refractivity contribution in [2.45, 2.75) is 45.8 Å². The van der Waals surface area contributed by atoms with E-state index in [1.165, 1.54) is 0 Å². The van der Waals surface area contributed by atoms with Gasteiger partial charge in [-0.2, -0.15) is 0 Å². The number of aromatic nitrogens is 1. The fourth-order valence-electron chi connectivity index (χ4n) is 2.62. The maximum atomic E-state index is 12.0. The Morgan fingerprint density at radius 2 is 2.00 bits per heavy atom. The third kappa shape index (κ3) is 4.08. The first-order valence-corrected chi connectivity index (χ1v) is 7.48. The number of fused-ring (bicyclic) bond motifs is 1. The third-order valence-electron chi connectivity index (χ3n) is 3.54. The number of H-pyrrole nitrogens is 1. The lowest BCUT2D eigenvalue weighted by Gasteiger charge is -2.18. The van der Waals surface area contributed by atoms with Gasteiger partial charge in [-0.05, 0) is 30.9 Å². The molecule has 0 aliphatic heterocycles. The number of benzene rings is 1. The van der Waals surface area contributed by atoms with Crippen LogP contribution in [0.3, 0.4) is 0 Å². The Bertz CT molecular complexity index is 604. The van der Waals surface area contributed by atoms with E-state index in [2.05, 4.69) is 18.8 Å². The number of hydrogen-bond donors (Lipinski definition) is 2. The second-order valence-corrected chi connectivity index (χ2v) is 6.05. The summed E-state index contributed by atoms with van der Waals surface area (Å²) in [7, 11) is 0. The number of esters is 1. The maximum Gasteiger partial charge on any atom is 0.323 e. The Balaban J connectivity index is 1.97. The first kappa shape index (κ1) is 15.6. The van der Waals surface area contributed by atoms with Gasteiger partial charge in [0.15, 0.2) is 0 Å². The van der Waals surface area contributed by atoms with Gasteiger partial charge in [-0.25, -0.2) is 0 Å². The van der Waals surface area contributed by atoms with Crippen molar-refractivity contribution < 1.29 is 9.53 Å². The van der Waals surface area contributed by atoms with E-state index in [0.29, 0.717) is 12.3 Å². The first-order chi connectivity index (χ1) is 9.97. The van der Waals surface area contributed by atoms with Gasteiger partial charge in [-0.1, -0.05) is 32.0 Å². The second-order valence-electron chi connectivity index (χ2n) is 6.05. The lowest BCUT2D eigenvalue weighted by atomic mass is 10.1. The molecule has 0 spiro atoms. The molecule has 0 amide bonds. The van der Waals surface area contributed by atoms with Crippen molar-refractivity contribution in [1.82, 2.24) is 4.98 Å². The van der Waals surface area contributed by atoms with Crippen LogP contribution in [0.4, 0.5) is 0 Å². The lowest BCUT2D eigenvalue weighted by molar-refractivity contribution is -0.150. The summed E-state index contributed by atoms with van der Waals surface area (Å²) in [5.74, 6) is 0.172. The molecule has 0 saturated carbocycles. The number of nitrogens with two attached hydrogens (primary N) is 1. The minimum atomic E-state index is -0.626. The van der Waals surface area contributed by atoms with Gasteiger partial charge in [0, 0.05) is 23.5 Å². The molecule has 0 aliphatic rings. The number of hydrogen-bond acceptors (Lipinski definition) is 3. The van der Waals surface area contributed by atoms with Crippen molar-refractivity contribution in [2.24, 2.45) is 11.7 Å². The molecule has 1 aromatic heterocycles. The van der Waals surface area contributed by atoms with Gasteiger partial charge in [0.1, 0.15) is 6.04 Å². The van der Waals surface area contributed by atoms with Gasteiger partial charge < -0.3 is 15.5 Å². The number of carbonyl (C=O) groups is 1. The van der Waals surface area contributed by atoms with E-state index in [0.717, 1.165) is 22.9 Å². The summed E-state index contributed by atoms with van der Waals surface area (Å²) < 4.78 is 5.41. The Hall–Kier alpha value is -1.81. The van der Waals surface area contributed by atoms with Crippen LogP contribution >= 0.6 is 0 Å². The summed E-state index contributed by atoms with van der Waals surface area (Å²) in [6, 6.07) is 7.37. The van der Waals surface area contributed by atoms with Gasteiger partial charge in [0.2, 0.25) is 0 Å². The van der Waals surface area contributed by atoms with Crippen LogP contribution in [0.1, 0.15) is 32.8 Å². The van der Waals surface area contributed by atoms with Crippen molar-refractivity contribution in [3.63, 3.8) is 0 Å². The summed E-state index contributed by atoms with van der Waals surface area (Å²) in [4.78, 5) is 15.2. The highest BCUT2D eigenvalue weighted by atomic mass is 16.5. The van der Waals surface area contributed by atoms with E-state index in [-0.39, 0.29) is 12.1 Å². The van der Waals surface area contributed by atoms with Crippen LogP contribution in [0.15, 0.2) is 30.5 Å². The van der Waals surface area contributed by atoms with Crippen LogP contribution in [-0.4, -0.2) is 23.1 Å². The monoisotopic (exact) mass is 288 g/mol. The summed E-state index contributed by atoms with van der Waals surface area (Å²) in [5.41, 5.74) is 8.09. The third-order valence-corrected chi connectivity index (χ3v) is 3.54. The molecular weight excluding hydrogens is 264 g/mol. The highest BCUT2D eigenvalue weighted by Gasteiger charge is 2.20. The predicted molar refractivity (Wildman–Crippen MR) is 85.0 cm³/mol. The molecule has 2 unspecified atom stereocenters. The number of aromatic amines is 1. The smallest absolute Gasteiger partial charge is 0.323 e. The predicted octanol–water partition coefficient (Wildman–Crippen LogP) is 3.02. The lowest BCUT2D eigenvalue weighted by Crippen LogP contribution is -2.36. The van der Waals surface area contributed by atoms with E-state index in [1.807, 2.05) is 37.4 Å². The molecule has 1 heterocycles. The number of para-hydroxylation sites is 1. The van der Waals surface area contributed by atoms with Gasteiger partial charge in [-0.3, -0.25) is 4.79 Å². The van der Waals surface area contributed by atoms with E-state index >= 15 is 0 Å². The zero-order chi connectivity index (χ0) is 15.4. The van der Waals surface area contributed by atoms with E-state index < -0.39 is 6.04 Å². The van der Waals surface area contributed by atoms with Crippen LogP contribution in [-0.2, 0) is 16.0 Å². The summed E-state index contributed by atoms with van der Waals surface area (Å²) >= 11 is 0. The molecular formula is C17H24N2O2. The minimum Gasteiger partial charge on any atom is -0.461 e. The van der Waals surface area contributed by atoms with Crippen molar-refractivity contribution in [3.8, 4) is 0 Å². The van der Waals surface area contributed by atoms with E-state index in [9.17, 15) is 4.79 Å². The molecule has 2 aromatic rings. The summed E-state index contributed by atoms with van der Waals surface area (Å²) in [6.45, 7) is 6.13. The van der Waals surface area contributed by atoms with Crippen LogP contribution in [0.25, 0.3) is 10.9 Å². The molecule has 4 nitrogen and oxygen atoms in total. The summed E-state index contributed by atoms with van der Waals surface area (Å²) in [5, 5.41) is 1.11. The molecule has 0 fully saturated rings. The van der Waals surface area contributed by atoms with Gasteiger partial charge in [0.05, 0.1) is 6.10 Å². The van der Waals surface area contributed by atoms with Crippen molar-refractivity contribution in [2.75, 3.05) is 0 Å². The van der Waals surface area contributed by atoms with Gasteiger partial charge >= 0.3 is 5.97 Å². The van der Waals surface area contributed by atoms with Gasteiger partial charge in [0.25, 0.3) is 0 Å². The quantitative estimate of drug-likeness (QED) is 0.803. The Morgan fingerprint density at radius 1 is 1.29 bits per heavy atom. The fourth-order valence-corrected chi connectivity index (χ4v) is 2.62. The number of ether oxygens (including phenoxy) is 1. The highest BCUT2D eigenvalue weighted by molar-refractivity contribution is 5.84. The molecule has 21 heavy (non-hydrogen) atoms. The highest BCUT2D eigenvalue weighted by Crippen LogP contribution is 2.19. The molecule has 1 aromatic carbocycles. The van der Waals surface area contributed by atoms with Crippen LogP contribution in [0.2, 0.25) is 0 Å². The normalized spacial score (nSPS) is 14.3. The largest absolute Gasteiger partial charge is 0.461 e. The second kappa shape index (κ2) is 6.76. The van der Waals surface area contributed by atoms with Crippen molar-refractivity contribution in [1.29, 1.82) is 0 Å². The first-order valence-electron chi connectivity index (χ1n) is 7.48. The van der Waals surface area contributed by atoms with E-state index in [1.54, 1.807) is 0 Å². The number of nitrogens with one attached hydrogen (secondary N) is 1. The molecule has 2 atom stereocenters. The fraction of sp³-hybridized carbons (Fsp3) is 0.471. The number of rotatable bonds is 6. The van der Waals surface area contributed by atoms with Crippen LogP contribution < -0.4 is 5.73 Å². The van der Waals surface area contributed by atoms with E-state index in [4.69, 9.17) is 10.5 Å². The Labute approximate surface area is 125 Å². The molecule has 4 heteroatoms. The molecule has 0 aliphatic carbocycles. The minimum absolute atomic E-state index is 0.0912. The topological polar surface area (TPSA) is 68.1 Å².